The van der Waals surface area contributed by atoms with Crippen molar-refractivity contribution in [2.45, 2.75) is 5.41 Å². The Morgan fingerprint density at radius 3 is 1.66 bits per heavy atom. The molecule has 0 aliphatic heterocycles. The van der Waals surface area contributed by atoms with Crippen molar-refractivity contribution >= 4 is 70.8 Å². The average Bonchev–Trinajstić information content (AvgIpc) is 4.27. The van der Waals surface area contributed by atoms with Gasteiger partial charge in [0.2, 0.25) is 0 Å². The lowest BCUT2D eigenvalue weighted by molar-refractivity contribution is 0.669. The molecule has 0 N–H and O–H groups in total. The maximum absolute atomic E-state index is 6.62. The maximum Gasteiger partial charge on any atom is 0.164 e. The second-order valence-electron chi connectivity index (χ2n) is 20.9. The summed E-state index contributed by atoms with van der Waals surface area (Å²) in [5.41, 5.74) is 19.2. The Labute approximate surface area is 454 Å². The fourth-order valence-corrected chi connectivity index (χ4v) is 13.5. The summed E-state index contributed by atoms with van der Waals surface area (Å²) in [6, 6.07) is 96.3. The molecule has 79 heavy (non-hydrogen) atoms. The Morgan fingerprint density at radius 1 is 0.304 bits per heavy atom. The third-order valence-electron chi connectivity index (χ3n) is 16.9. The van der Waals surface area contributed by atoms with Crippen LogP contribution in [0.2, 0.25) is 0 Å². The van der Waals surface area contributed by atoms with Gasteiger partial charge in [-0.1, -0.05) is 224 Å². The van der Waals surface area contributed by atoms with Gasteiger partial charge in [0, 0.05) is 38.2 Å². The van der Waals surface area contributed by atoms with E-state index >= 15 is 0 Å². The van der Waals surface area contributed by atoms with Crippen LogP contribution in [-0.4, -0.2) is 19.4 Å². The molecule has 0 saturated heterocycles. The highest BCUT2D eigenvalue weighted by Crippen LogP contribution is 2.57. The third-order valence-corrected chi connectivity index (χ3v) is 16.9. The van der Waals surface area contributed by atoms with E-state index < -0.39 is 5.41 Å². The summed E-state index contributed by atoms with van der Waals surface area (Å²) < 4.78 is 9.09. The molecular weight excluding hydrogens is 961 g/mol. The van der Waals surface area contributed by atoms with Crippen molar-refractivity contribution in [2.75, 3.05) is 0 Å². The lowest BCUT2D eigenvalue weighted by atomic mass is 9.67. The van der Waals surface area contributed by atoms with Gasteiger partial charge < -0.3 is 8.82 Å². The average molecular weight is 1010 g/mol. The van der Waals surface area contributed by atoms with E-state index in [0.29, 0.717) is 17.5 Å². The molecule has 0 fully saturated rings. The molecule has 0 amide bonds. The van der Waals surface area contributed by atoms with Gasteiger partial charge in [0.15, 0.2) is 17.5 Å². The van der Waals surface area contributed by atoms with Gasteiger partial charge in [-0.25, -0.2) is 15.0 Å². The van der Waals surface area contributed by atoms with E-state index in [1.54, 1.807) is 0 Å². The van der Waals surface area contributed by atoms with Crippen LogP contribution in [0.3, 0.4) is 0 Å². The molecule has 0 radical (unpaired) electrons. The van der Waals surface area contributed by atoms with E-state index in [1.807, 2.05) is 0 Å². The van der Waals surface area contributed by atoms with E-state index in [-0.39, 0.29) is 0 Å². The summed E-state index contributed by atoms with van der Waals surface area (Å²) in [6.45, 7) is 0. The van der Waals surface area contributed by atoms with E-state index in [2.05, 4.69) is 271 Å². The zero-order chi connectivity index (χ0) is 51.8. The Morgan fingerprint density at radius 2 is 0.861 bits per heavy atom. The minimum Gasteiger partial charge on any atom is -0.456 e. The lowest BCUT2D eigenvalue weighted by Gasteiger charge is -2.33. The van der Waals surface area contributed by atoms with Crippen molar-refractivity contribution in [3.8, 4) is 67.5 Å². The van der Waals surface area contributed by atoms with Crippen LogP contribution in [0, 0.1) is 0 Å². The molecule has 4 aromatic heterocycles. The van der Waals surface area contributed by atoms with Crippen molar-refractivity contribution in [2.24, 2.45) is 0 Å². The molecule has 5 nitrogen and oxygen atoms in total. The molecule has 0 spiro atoms. The van der Waals surface area contributed by atoms with Crippen molar-refractivity contribution in [3.05, 3.63) is 289 Å². The number of fused-ring (bicyclic) bond motifs is 10. The minimum absolute atomic E-state index is 0.516. The van der Waals surface area contributed by atoms with Crippen molar-refractivity contribution in [1.29, 1.82) is 0 Å². The second kappa shape index (κ2) is 16.8. The number of para-hydroxylation sites is 1. The molecule has 12 aromatic carbocycles. The van der Waals surface area contributed by atoms with Gasteiger partial charge in [-0.05, 0) is 114 Å². The van der Waals surface area contributed by atoms with E-state index in [0.717, 1.165) is 77.2 Å². The number of furan rings is 1. The van der Waals surface area contributed by atoms with Crippen LogP contribution in [0.1, 0.15) is 22.3 Å². The Bertz CT molecular complexity index is 5090. The number of benzene rings is 12. The minimum atomic E-state index is -0.516. The largest absolute Gasteiger partial charge is 0.456 e. The number of rotatable bonds is 7. The standard InChI is InChI=1S/C74H44N4O/c1-3-19-51(20-4-1)74(52-21-5-2-6-22-52)61-29-13-11-24-55(61)60-44-50(39-41-62(60)74)72-75-71(49-38-33-45-17-7-8-18-48(45)43-49)76-73(77-72)58-26-10-9-23-53(58)46-34-36-47(37-35-46)54-27-15-31-64-67(54)59-28-16-32-65-68(59)69-66(79-65)42-40-57-56-25-12-14-30-63(56)78(64)70(57)69/h1-44H. The van der Waals surface area contributed by atoms with Crippen LogP contribution in [0.4, 0.5) is 0 Å². The van der Waals surface area contributed by atoms with Crippen LogP contribution in [-0.2, 0) is 5.41 Å². The Kier molecular flexibility index (Phi) is 9.27. The van der Waals surface area contributed by atoms with Crippen LogP contribution < -0.4 is 0 Å². The van der Waals surface area contributed by atoms with Gasteiger partial charge in [0.25, 0.3) is 0 Å². The SMILES string of the molecule is c1ccc(C2(c3ccccc3)c3ccccc3-c3cc(-c4nc(-c5ccc6ccccc6c5)nc(-c5ccccc5-c5ccc(-c6cccc7c6c6cccc8oc9ccc%10c%11ccccc%11n7c%10c9c86)cc5)n4)ccc32)cc1. The first-order valence-electron chi connectivity index (χ1n) is 27.0. The van der Waals surface area contributed by atoms with Gasteiger partial charge >= 0.3 is 0 Å². The molecule has 0 unspecified atom stereocenters. The normalized spacial score (nSPS) is 12.9. The molecule has 1 aliphatic rings. The quantitative estimate of drug-likeness (QED) is 0.160. The molecule has 4 heterocycles. The van der Waals surface area contributed by atoms with Gasteiger partial charge in [-0.15, -0.1) is 0 Å². The van der Waals surface area contributed by atoms with Gasteiger partial charge in [0.05, 0.1) is 27.4 Å². The summed E-state index contributed by atoms with van der Waals surface area (Å²) >= 11 is 0. The summed E-state index contributed by atoms with van der Waals surface area (Å²) in [5.74, 6) is 1.83. The molecule has 366 valence electrons. The van der Waals surface area contributed by atoms with Crippen molar-refractivity contribution in [3.63, 3.8) is 0 Å². The smallest absolute Gasteiger partial charge is 0.164 e. The van der Waals surface area contributed by atoms with Crippen LogP contribution >= 0.6 is 0 Å². The van der Waals surface area contributed by atoms with Crippen molar-refractivity contribution in [1.82, 2.24) is 19.4 Å². The van der Waals surface area contributed by atoms with E-state index in [4.69, 9.17) is 19.4 Å². The number of aromatic nitrogens is 4. The molecule has 0 atom stereocenters. The van der Waals surface area contributed by atoms with Crippen LogP contribution in [0.5, 0.6) is 0 Å². The number of hydrogen-bond donors (Lipinski definition) is 0. The molecule has 1 aliphatic carbocycles. The summed E-state index contributed by atoms with van der Waals surface area (Å²) in [7, 11) is 0. The predicted octanol–water partition coefficient (Wildman–Crippen LogP) is 18.8. The zero-order valence-electron chi connectivity index (χ0n) is 42.6. The van der Waals surface area contributed by atoms with Gasteiger partial charge in [-0.2, -0.15) is 0 Å². The van der Waals surface area contributed by atoms with E-state index in [1.165, 1.54) is 66.0 Å². The summed E-state index contributed by atoms with van der Waals surface area (Å²) in [6.07, 6.45) is 0. The molecule has 16 aromatic rings. The Hall–Kier alpha value is -10.5. The molecule has 0 bridgehead atoms. The summed E-state index contributed by atoms with van der Waals surface area (Å²) in [4.78, 5) is 16.2. The first-order chi connectivity index (χ1) is 39.2. The highest BCUT2D eigenvalue weighted by molar-refractivity contribution is 6.32. The van der Waals surface area contributed by atoms with Gasteiger partial charge in [-0.3, -0.25) is 0 Å². The highest BCUT2D eigenvalue weighted by atomic mass is 16.3. The fourth-order valence-electron chi connectivity index (χ4n) is 13.5. The Balaban J connectivity index is 0.835. The number of hydrogen-bond acceptors (Lipinski definition) is 4. The van der Waals surface area contributed by atoms with Gasteiger partial charge in [0.1, 0.15) is 11.2 Å². The second-order valence-corrected chi connectivity index (χ2v) is 20.9. The molecular formula is C74H44N4O. The summed E-state index contributed by atoms with van der Waals surface area (Å²) in [5, 5.41) is 9.41. The van der Waals surface area contributed by atoms with Crippen LogP contribution in [0.25, 0.3) is 138 Å². The monoisotopic (exact) mass is 1000 g/mol. The van der Waals surface area contributed by atoms with Crippen molar-refractivity contribution < 1.29 is 4.42 Å². The molecule has 0 saturated carbocycles. The zero-order valence-corrected chi connectivity index (χ0v) is 42.6. The third kappa shape index (κ3) is 6.30. The van der Waals surface area contributed by atoms with Crippen LogP contribution in [0.15, 0.2) is 271 Å². The number of nitrogens with zero attached hydrogens (tertiary/aromatic N) is 4. The highest BCUT2D eigenvalue weighted by Gasteiger charge is 2.46. The van der Waals surface area contributed by atoms with E-state index in [9.17, 15) is 0 Å². The molecule has 17 rings (SSSR count). The first kappa shape index (κ1) is 43.7. The lowest BCUT2D eigenvalue weighted by Crippen LogP contribution is -2.28. The topological polar surface area (TPSA) is 56.2 Å². The fraction of sp³-hybridized carbons (Fsp3) is 0.0135. The maximum atomic E-state index is 6.62. The molecule has 5 heteroatoms. The predicted molar refractivity (Wildman–Crippen MR) is 324 cm³/mol. The first-order valence-corrected chi connectivity index (χ1v) is 27.0.